The van der Waals surface area contributed by atoms with Crippen LogP contribution in [0.1, 0.15) is 35.1 Å². The van der Waals surface area contributed by atoms with E-state index in [4.69, 9.17) is 0 Å². The van der Waals surface area contributed by atoms with E-state index < -0.39 is 18.7 Å². The minimum absolute atomic E-state index is 0.206. The Morgan fingerprint density at radius 3 is 2.43 bits per heavy atom. The standard InChI is InChI=1S/C27H28F3N5O2/c28-27(29,30)11-18-2-4-23-22(10-18)24(32-17-31-23)35-15-26(16-35)5-7-33(8-6-26)12-19-1-3-20-13-34(25(36)37)14-21(20)9-19/h1-4,9-10,17H,5-8,11-16H2,(H,36,37). The van der Waals surface area contributed by atoms with Crippen molar-refractivity contribution < 1.29 is 23.1 Å². The van der Waals surface area contributed by atoms with Gasteiger partial charge >= 0.3 is 12.3 Å². The van der Waals surface area contributed by atoms with E-state index >= 15 is 0 Å². The summed E-state index contributed by atoms with van der Waals surface area (Å²) in [4.78, 5) is 26.0. The van der Waals surface area contributed by atoms with Crippen molar-refractivity contribution in [3.05, 3.63) is 65.0 Å². The lowest BCUT2D eigenvalue weighted by Gasteiger charge is -2.54. The van der Waals surface area contributed by atoms with Gasteiger partial charge in [-0.05, 0) is 60.3 Å². The topological polar surface area (TPSA) is 72.8 Å². The number of hydrogen-bond donors (Lipinski definition) is 1. The van der Waals surface area contributed by atoms with E-state index in [2.05, 4.69) is 38.0 Å². The van der Waals surface area contributed by atoms with Gasteiger partial charge in [0.1, 0.15) is 12.1 Å². The second-order valence-corrected chi connectivity index (χ2v) is 10.7. The summed E-state index contributed by atoms with van der Waals surface area (Å²) >= 11 is 0. The number of halogens is 3. The number of carbonyl (C=O) groups is 1. The number of aromatic nitrogens is 2. The number of likely N-dealkylation sites (tertiary alicyclic amines) is 1. The van der Waals surface area contributed by atoms with Gasteiger partial charge in [0.2, 0.25) is 0 Å². The van der Waals surface area contributed by atoms with Crippen molar-refractivity contribution in [2.75, 3.05) is 31.1 Å². The molecule has 1 amide bonds. The zero-order chi connectivity index (χ0) is 25.8. The lowest BCUT2D eigenvalue weighted by Crippen LogP contribution is -2.60. The van der Waals surface area contributed by atoms with Gasteiger partial charge in [-0.25, -0.2) is 14.8 Å². The average molecular weight is 512 g/mol. The molecule has 0 saturated carbocycles. The summed E-state index contributed by atoms with van der Waals surface area (Å²) in [5, 5.41) is 9.93. The van der Waals surface area contributed by atoms with E-state index in [1.54, 1.807) is 12.1 Å². The van der Waals surface area contributed by atoms with Crippen LogP contribution in [0, 0.1) is 5.41 Å². The highest BCUT2D eigenvalue weighted by Crippen LogP contribution is 2.44. The predicted molar refractivity (Wildman–Crippen MR) is 132 cm³/mol. The normalized spacial score (nSPS) is 19.3. The second-order valence-electron chi connectivity index (χ2n) is 10.7. The molecule has 0 atom stereocenters. The molecule has 0 radical (unpaired) electrons. The highest BCUT2D eigenvalue weighted by Gasteiger charge is 2.45. The van der Waals surface area contributed by atoms with Crippen LogP contribution < -0.4 is 4.90 Å². The molecule has 10 heteroatoms. The number of carboxylic acid groups (broad SMARTS) is 1. The number of piperidine rings is 1. The van der Waals surface area contributed by atoms with Crippen molar-refractivity contribution in [3.63, 3.8) is 0 Å². The van der Waals surface area contributed by atoms with Gasteiger partial charge in [0, 0.05) is 43.5 Å². The molecule has 4 heterocycles. The number of alkyl halides is 3. The maximum Gasteiger partial charge on any atom is 0.407 e. The second kappa shape index (κ2) is 8.86. The number of anilines is 1. The molecule has 3 aliphatic rings. The molecule has 194 valence electrons. The number of fused-ring (bicyclic) bond motifs is 2. The van der Waals surface area contributed by atoms with Gasteiger partial charge in [-0.2, -0.15) is 13.2 Å². The number of hydrogen-bond acceptors (Lipinski definition) is 5. The van der Waals surface area contributed by atoms with Crippen molar-refractivity contribution >= 4 is 22.8 Å². The Labute approximate surface area is 212 Å². The van der Waals surface area contributed by atoms with E-state index in [0.29, 0.717) is 24.0 Å². The molecule has 0 unspecified atom stereocenters. The molecule has 2 fully saturated rings. The zero-order valence-corrected chi connectivity index (χ0v) is 20.3. The molecule has 3 aliphatic heterocycles. The Kier molecular flexibility index (Phi) is 5.74. The van der Waals surface area contributed by atoms with Crippen molar-refractivity contribution in [2.24, 2.45) is 5.41 Å². The Morgan fingerprint density at radius 1 is 0.973 bits per heavy atom. The number of benzene rings is 2. The average Bonchev–Trinajstić information content (AvgIpc) is 3.26. The first kappa shape index (κ1) is 24.0. The van der Waals surface area contributed by atoms with Crippen LogP contribution in [0.5, 0.6) is 0 Å². The molecule has 1 spiro atoms. The molecule has 3 aromatic rings. The molecule has 1 N–H and O–H groups in total. The van der Waals surface area contributed by atoms with Gasteiger partial charge in [-0.3, -0.25) is 9.80 Å². The van der Waals surface area contributed by atoms with Gasteiger partial charge in [-0.1, -0.05) is 24.3 Å². The third kappa shape index (κ3) is 4.82. The van der Waals surface area contributed by atoms with Gasteiger partial charge in [0.15, 0.2) is 0 Å². The number of nitrogens with zero attached hydrogens (tertiary/aromatic N) is 5. The van der Waals surface area contributed by atoms with Gasteiger partial charge < -0.3 is 10.0 Å². The van der Waals surface area contributed by atoms with E-state index in [-0.39, 0.29) is 11.0 Å². The third-order valence-corrected chi connectivity index (χ3v) is 8.02. The highest BCUT2D eigenvalue weighted by atomic mass is 19.4. The Balaban J connectivity index is 1.08. The fourth-order valence-corrected chi connectivity index (χ4v) is 6.04. The van der Waals surface area contributed by atoms with Crippen LogP contribution in [0.2, 0.25) is 0 Å². The number of amides is 1. The van der Waals surface area contributed by atoms with Gasteiger partial charge in [-0.15, -0.1) is 0 Å². The summed E-state index contributed by atoms with van der Waals surface area (Å²) in [7, 11) is 0. The first-order valence-electron chi connectivity index (χ1n) is 12.5. The first-order valence-corrected chi connectivity index (χ1v) is 12.5. The smallest absolute Gasteiger partial charge is 0.407 e. The minimum atomic E-state index is -4.25. The van der Waals surface area contributed by atoms with Gasteiger partial charge in [0.25, 0.3) is 0 Å². The van der Waals surface area contributed by atoms with Crippen LogP contribution in [0.3, 0.4) is 0 Å². The van der Waals surface area contributed by atoms with E-state index in [0.717, 1.165) is 62.5 Å². The fourth-order valence-electron chi connectivity index (χ4n) is 6.04. The first-order chi connectivity index (χ1) is 17.7. The number of rotatable bonds is 4. The van der Waals surface area contributed by atoms with Crippen molar-refractivity contribution in [2.45, 2.75) is 45.1 Å². The highest BCUT2D eigenvalue weighted by molar-refractivity contribution is 5.90. The molecule has 0 aliphatic carbocycles. The lowest BCUT2D eigenvalue weighted by molar-refractivity contribution is -0.127. The zero-order valence-electron chi connectivity index (χ0n) is 20.3. The molecule has 2 aromatic carbocycles. The van der Waals surface area contributed by atoms with Crippen molar-refractivity contribution in [1.29, 1.82) is 0 Å². The van der Waals surface area contributed by atoms with Crippen LogP contribution in [-0.4, -0.2) is 63.3 Å². The van der Waals surface area contributed by atoms with E-state index in [9.17, 15) is 23.1 Å². The van der Waals surface area contributed by atoms with Gasteiger partial charge in [0.05, 0.1) is 11.9 Å². The predicted octanol–water partition coefficient (Wildman–Crippen LogP) is 4.83. The quantitative estimate of drug-likeness (QED) is 0.541. The molecule has 0 bridgehead atoms. The monoisotopic (exact) mass is 511 g/mol. The van der Waals surface area contributed by atoms with Crippen LogP contribution >= 0.6 is 0 Å². The lowest BCUT2D eigenvalue weighted by atomic mass is 9.72. The van der Waals surface area contributed by atoms with Crippen molar-refractivity contribution in [3.8, 4) is 0 Å². The molecule has 6 rings (SSSR count). The van der Waals surface area contributed by atoms with Crippen LogP contribution in [-0.2, 0) is 26.1 Å². The summed E-state index contributed by atoms with van der Waals surface area (Å²) in [6, 6.07) is 11.0. The summed E-state index contributed by atoms with van der Waals surface area (Å²) in [5.74, 6) is 0.718. The van der Waals surface area contributed by atoms with E-state index in [1.807, 2.05) is 0 Å². The molecule has 37 heavy (non-hydrogen) atoms. The molecule has 1 aromatic heterocycles. The summed E-state index contributed by atoms with van der Waals surface area (Å²) in [6.07, 6.45) is -2.49. The maximum absolute atomic E-state index is 12.9. The Bertz CT molecular complexity index is 1350. The summed E-state index contributed by atoms with van der Waals surface area (Å²) in [6.45, 7) is 5.41. The largest absolute Gasteiger partial charge is 0.465 e. The molecular formula is C27H28F3N5O2. The maximum atomic E-state index is 12.9. The molecule has 2 saturated heterocycles. The fraction of sp³-hybridized carbons (Fsp3) is 0.444. The Morgan fingerprint density at radius 2 is 1.70 bits per heavy atom. The van der Waals surface area contributed by atoms with Crippen LogP contribution in [0.25, 0.3) is 10.9 Å². The Hall–Kier alpha value is -3.40. The molecular weight excluding hydrogens is 483 g/mol. The van der Waals surface area contributed by atoms with Crippen molar-refractivity contribution in [1.82, 2.24) is 19.8 Å². The minimum Gasteiger partial charge on any atom is -0.465 e. The summed E-state index contributed by atoms with van der Waals surface area (Å²) in [5.41, 5.74) is 4.48. The van der Waals surface area contributed by atoms with Crippen LogP contribution in [0.15, 0.2) is 42.7 Å². The summed E-state index contributed by atoms with van der Waals surface area (Å²) < 4.78 is 38.8. The molecule has 7 nitrogen and oxygen atoms in total. The third-order valence-electron chi connectivity index (χ3n) is 8.02. The SMILES string of the molecule is O=C(O)N1Cc2ccc(CN3CCC4(CC3)CN(c3ncnc5ccc(CC(F)(F)F)cc35)C4)cc2C1. The van der Waals surface area contributed by atoms with Crippen LogP contribution in [0.4, 0.5) is 23.8 Å². The van der Waals surface area contributed by atoms with E-state index in [1.165, 1.54) is 22.9 Å².